The van der Waals surface area contributed by atoms with Gasteiger partial charge in [0, 0.05) is 12.4 Å². The first-order valence-electron chi connectivity index (χ1n) is 5.42. The van der Waals surface area contributed by atoms with Crippen LogP contribution in [0.4, 0.5) is 0 Å². The van der Waals surface area contributed by atoms with E-state index < -0.39 is 0 Å². The van der Waals surface area contributed by atoms with Crippen molar-refractivity contribution in [3.05, 3.63) is 59.7 Å². The second-order valence-corrected chi connectivity index (χ2v) is 3.65. The van der Waals surface area contributed by atoms with E-state index in [1.807, 2.05) is 31.2 Å². The van der Waals surface area contributed by atoms with Crippen LogP contribution in [0, 0.1) is 6.92 Å². The lowest BCUT2D eigenvalue weighted by Crippen LogP contribution is -2.19. The molecule has 2 aromatic rings. The van der Waals surface area contributed by atoms with Gasteiger partial charge in [-0.25, -0.2) is 10.4 Å². The first-order chi connectivity index (χ1) is 8.77. The number of carbonyl (C=O) groups is 1. The second-order valence-electron chi connectivity index (χ2n) is 3.65. The summed E-state index contributed by atoms with van der Waals surface area (Å²) in [7, 11) is 0. The highest BCUT2D eigenvalue weighted by Gasteiger charge is 2.04. The Kier molecular flexibility index (Phi) is 3.76. The number of nitrogens with one attached hydrogen (secondary N) is 1. The number of benzene rings is 1. The third-order valence-corrected chi connectivity index (χ3v) is 2.35. The molecule has 2 rings (SSSR count). The summed E-state index contributed by atoms with van der Waals surface area (Å²) in [5, 5.41) is 3.89. The molecule has 0 fully saturated rings. The minimum Gasteiger partial charge on any atom is -0.265 e. The molecule has 1 N–H and O–H groups in total. The Morgan fingerprint density at radius 3 is 2.89 bits per heavy atom. The summed E-state index contributed by atoms with van der Waals surface area (Å²) in [6.07, 6.45) is 5.95. The van der Waals surface area contributed by atoms with Gasteiger partial charge >= 0.3 is 0 Å². The van der Waals surface area contributed by atoms with E-state index in [1.54, 1.807) is 6.21 Å². The van der Waals surface area contributed by atoms with Crippen LogP contribution < -0.4 is 5.43 Å². The van der Waals surface area contributed by atoms with Crippen LogP contribution in [-0.2, 0) is 0 Å². The third-order valence-electron chi connectivity index (χ3n) is 2.35. The number of hydrogen-bond donors (Lipinski definition) is 1. The molecule has 0 saturated heterocycles. The van der Waals surface area contributed by atoms with E-state index in [0.29, 0.717) is 0 Å². The van der Waals surface area contributed by atoms with Crippen LogP contribution in [-0.4, -0.2) is 22.1 Å². The lowest BCUT2D eigenvalue weighted by molar-refractivity contribution is 0.0949. The normalized spacial score (nSPS) is 10.5. The van der Waals surface area contributed by atoms with Crippen LogP contribution >= 0.6 is 0 Å². The van der Waals surface area contributed by atoms with E-state index >= 15 is 0 Å². The molecule has 0 unspecified atom stereocenters. The smallest absolute Gasteiger partial charge is 0.265 e. The van der Waals surface area contributed by atoms with Gasteiger partial charge in [-0.1, -0.05) is 24.3 Å². The standard InChI is InChI=1S/C13H12N4O/c1-10-4-2-3-5-11(10)8-16-17-13(18)12-9-14-6-7-15-12/h2-9H,1H3,(H,17,18)/b16-8-. The highest BCUT2D eigenvalue weighted by molar-refractivity contribution is 5.92. The van der Waals surface area contributed by atoms with Crippen LogP contribution in [0.5, 0.6) is 0 Å². The largest absolute Gasteiger partial charge is 0.291 e. The van der Waals surface area contributed by atoms with Crippen LogP contribution in [0.2, 0.25) is 0 Å². The van der Waals surface area contributed by atoms with Gasteiger partial charge in [0.25, 0.3) is 5.91 Å². The minimum atomic E-state index is -0.382. The number of hydrazone groups is 1. The van der Waals surface area contributed by atoms with Crippen molar-refractivity contribution in [2.45, 2.75) is 6.92 Å². The maximum Gasteiger partial charge on any atom is 0.291 e. The van der Waals surface area contributed by atoms with Gasteiger partial charge < -0.3 is 0 Å². The highest BCUT2D eigenvalue weighted by atomic mass is 16.2. The van der Waals surface area contributed by atoms with Gasteiger partial charge in [0.15, 0.2) is 0 Å². The SMILES string of the molecule is Cc1ccccc1/C=N\NC(=O)c1cnccn1. The molecular weight excluding hydrogens is 228 g/mol. The molecule has 1 heterocycles. The number of aromatic nitrogens is 2. The average molecular weight is 240 g/mol. The van der Waals surface area contributed by atoms with Gasteiger partial charge in [-0.05, 0) is 18.1 Å². The van der Waals surface area contributed by atoms with Gasteiger partial charge in [-0.2, -0.15) is 5.10 Å². The summed E-state index contributed by atoms with van der Waals surface area (Å²) < 4.78 is 0. The number of aryl methyl sites for hydroxylation is 1. The average Bonchev–Trinajstić information content (AvgIpc) is 2.42. The summed E-state index contributed by atoms with van der Waals surface area (Å²) >= 11 is 0. The Bertz CT molecular complexity index is 566. The zero-order valence-corrected chi connectivity index (χ0v) is 9.87. The van der Waals surface area contributed by atoms with E-state index in [2.05, 4.69) is 20.5 Å². The molecule has 0 aliphatic rings. The fourth-order valence-corrected chi connectivity index (χ4v) is 1.37. The van der Waals surface area contributed by atoms with Crippen LogP contribution in [0.3, 0.4) is 0 Å². The molecule has 0 spiro atoms. The number of rotatable bonds is 3. The van der Waals surface area contributed by atoms with Gasteiger partial charge in [-0.15, -0.1) is 0 Å². The number of hydrogen-bond acceptors (Lipinski definition) is 4. The number of nitrogens with zero attached hydrogens (tertiary/aromatic N) is 3. The van der Waals surface area contributed by atoms with Gasteiger partial charge in [0.05, 0.1) is 12.4 Å². The van der Waals surface area contributed by atoms with Gasteiger partial charge in [0.1, 0.15) is 5.69 Å². The zero-order valence-electron chi connectivity index (χ0n) is 9.87. The van der Waals surface area contributed by atoms with Crippen LogP contribution in [0.25, 0.3) is 0 Å². The molecular formula is C13H12N4O. The Morgan fingerprint density at radius 2 is 2.17 bits per heavy atom. The first-order valence-corrected chi connectivity index (χ1v) is 5.42. The molecule has 1 aromatic carbocycles. The molecule has 0 radical (unpaired) electrons. The van der Waals surface area contributed by atoms with Crippen molar-refractivity contribution < 1.29 is 4.79 Å². The minimum absolute atomic E-state index is 0.236. The van der Waals surface area contributed by atoms with Crippen molar-refractivity contribution in [1.29, 1.82) is 0 Å². The molecule has 0 atom stereocenters. The van der Waals surface area contributed by atoms with E-state index in [4.69, 9.17) is 0 Å². The Labute approximate surface area is 105 Å². The quantitative estimate of drug-likeness (QED) is 0.653. The molecule has 0 saturated carbocycles. The number of carbonyl (C=O) groups excluding carboxylic acids is 1. The van der Waals surface area contributed by atoms with Crippen molar-refractivity contribution in [3.63, 3.8) is 0 Å². The summed E-state index contributed by atoms with van der Waals surface area (Å²) in [4.78, 5) is 19.3. The summed E-state index contributed by atoms with van der Waals surface area (Å²) in [5.41, 5.74) is 4.69. The van der Waals surface area contributed by atoms with Crippen molar-refractivity contribution in [1.82, 2.24) is 15.4 Å². The highest BCUT2D eigenvalue weighted by Crippen LogP contribution is 2.03. The molecule has 1 amide bonds. The first kappa shape index (κ1) is 11.9. The lowest BCUT2D eigenvalue weighted by Gasteiger charge is -1.99. The van der Waals surface area contributed by atoms with E-state index in [9.17, 15) is 4.79 Å². The summed E-state index contributed by atoms with van der Waals surface area (Å²) in [6.45, 7) is 1.98. The molecule has 18 heavy (non-hydrogen) atoms. The fourth-order valence-electron chi connectivity index (χ4n) is 1.37. The molecule has 1 aromatic heterocycles. The maximum atomic E-state index is 11.6. The van der Waals surface area contributed by atoms with Crippen LogP contribution in [0.1, 0.15) is 21.6 Å². The Morgan fingerprint density at radius 1 is 1.33 bits per heavy atom. The third kappa shape index (κ3) is 2.98. The van der Waals surface area contributed by atoms with Gasteiger partial charge in [-0.3, -0.25) is 9.78 Å². The molecule has 5 heteroatoms. The van der Waals surface area contributed by atoms with Gasteiger partial charge in [0.2, 0.25) is 0 Å². The fraction of sp³-hybridized carbons (Fsp3) is 0.0769. The maximum absolute atomic E-state index is 11.6. The molecule has 0 bridgehead atoms. The van der Waals surface area contributed by atoms with Crippen LogP contribution in [0.15, 0.2) is 48.0 Å². The summed E-state index contributed by atoms with van der Waals surface area (Å²) in [5.74, 6) is -0.382. The Hall–Kier alpha value is -2.56. The number of amides is 1. The van der Waals surface area contributed by atoms with Crippen molar-refractivity contribution >= 4 is 12.1 Å². The van der Waals surface area contributed by atoms with E-state index in [0.717, 1.165) is 11.1 Å². The van der Waals surface area contributed by atoms with Crippen molar-refractivity contribution in [2.75, 3.05) is 0 Å². The second kappa shape index (κ2) is 5.67. The topological polar surface area (TPSA) is 67.2 Å². The van der Waals surface area contributed by atoms with E-state index in [1.165, 1.54) is 18.6 Å². The Balaban J connectivity index is 2.00. The lowest BCUT2D eigenvalue weighted by atomic mass is 10.1. The molecule has 0 aliphatic heterocycles. The van der Waals surface area contributed by atoms with Crippen molar-refractivity contribution in [2.24, 2.45) is 5.10 Å². The molecule has 0 aliphatic carbocycles. The zero-order chi connectivity index (χ0) is 12.8. The monoisotopic (exact) mass is 240 g/mol. The molecule has 90 valence electrons. The predicted molar refractivity (Wildman–Crippen MR) is 68.3 cm³/mol. The predicted octanol–water partition coefficient (Wildman–Crippen LogP) is 1.55. The molecule has 5 nitrogen and oxygen atoms in total. The van der Waals surface area contributed by atoms with Crippen molar-refractivity contribution in [3.8, 4) is 0 Å². The van der Waals surface area contributed by atoms with E-state index in [-0.39, 0.29) is 11.6 Å². The summed E-state index contributed by atoms with van der Waals surface area (Å²) in [6, 6.07) is 7.77.